The largest absolute Gasteiger partial charge is 0.466 e. The van der Waals surface area contributed by atoms with Crippen molar-refractivity contribution in [3.05, 3.63) is 23.8 Å². The monoisotopic (exact) mass is 538 g/mol. The molecule has 204 valence electrons. The summed E-state index contributed by atoms with van der Waals surface area (Å²) in [6.07, 6.45) is 3.65. The van der Waals surface area contributed by atoms with Crippen molar-refractivity contribution < 1.29 is 38.1 Å². The first-order chi connectivity index (χ1) is 17.3. The second-order valence-corrected chi connectivity index (χ2v) is 11.7. The third kappa shape index (κ3) is 3.84. The topological polar surface area (TPSA) is 107 Å². The highest BCUT2D eigenvalue weighted by Gasteiger charge is 2.77. The highest BCUT2D eigenvalue weighted by atomic mass is 35.5. The first-order valence-electron chi connectivity index (χ1n) is 13.1. The number of rotatable bonds is 7. The zero-order valence-electron chi connectivity index (χ0n) is 21.9. The van der Waals surface area contributed by atoms with Crippen molar-refractivity contribution in [3.8, 4) is 0 Å². The van der Waals surface area contributed by atoms with Crippen LogP contribution in [0.15, 0.2) is 23.8 Å². The van der Waals surface area contributed by atoms with Crippen LogP contribution in [0.3, 0.4) is 0 Å². The van der Waals surface area contributed by atoms with E-state index in [4.69, 9.17) is 21.1 Å². The van der Waals surface area contributed by atoms with Crippen LogP contribution < -0.4 is 0 Å². The number of halogens is 2. The molecule has 0 amide bonds. The fraction of sp³-hybridized carbons (Fsp3) is 0.714. The van der Waals surface area contributed by atoms with Crippen LogP contribution in [0.5, 0.6) is 0 Å². The number of aliphatic hydroxyl groups excluding tert-OH is 1. The summed E-state index contributed by atoms with van der Waals surface area (Å²) in [6, 6.07) is 0. The predicted octanol–water partition coefficient (Wildman–Crippen LogP) is 4.04. The van der Waals surface area contributed by atoms with Gasteiger partial charge in [0.15, 0.2) is 22.8 Å². The third-order valence-corrected chi connectivity index (χ3v) is 10.1. The molecule has 0 radical (unpaired) electrons. The van der Waals surface area contributed by atoms with E-state index in [2.05, 4.69) is 0 Å². The number of hydrogen-bond donors (Lipinski definition) is 1. The highest BCUT2D eigenvalue weighted by Crippen LogP contribution is 2.71. The lowest BCUT2D eigenvalue weighted by atomic mass is 9.44. The number of hydrogen-bond acceptors (Lipinski definition) is 7. The number of Topliss-reactive ketones (excluding diaryl/α,β-unsaturated/α-hetero) is 1. The van der Waals surface area contributed by atoms with Gasteiger partial charge in [0.2, 0.25) is 0 Å². The molecule has 4 rings (SSSR count). The zero-order valence-corrected chi connectivity index (χ0v) is 22.6. The number of alkyl halides is 2. The van der Waals surface area contributed by atoms with Crippen LogP contribution in [0, 0.1) is 28.6 Å². The zero-order chi connectivity index (χ0) is 27.4. The molecule has 0 saturated heterocycles. The normalized spacial score (nSPS) is 42.2. The second kappa shape index (κ2) is 9.60. The first-order valence-corrected chi connectivity index (χ1v) is 13.6. The van der Waals surface area contributed by atoms with Crippen molar-refractivity contribution >= 4 is 35.1 Å². The summed E-state index contributed by atoms with van der Waals surface area (Å²) in [4.78, 5) is 50.3. The van der Waals surface area contributed by atoms with Gasteiger partial charge in [0.25, 0.3) is 0 Å². The Morgan fingerprint density at radius 3 is 2.51 bits per heavy atom. The van der Waals surface area contributed by atoms with E-state index in [0.29, 0.717) is 24.8 Å². The van der Waals surface area contributed by atoms with Gasteiger partial charge in [0.05, 0.1) is 31.4 Å². The van der Waals surface area contributed by atoms with Crippen LogP contribution in [0.2, 0.25) is 0 Å². The molecule has 8 atom stereocenters. The lowest BCUT2D eigenvalue weighted by Crippen LogP contribution is -2.70. The molecular formula is C28H36ClFO7. The Bertz CT molecular complexity index is 1070. The molecule has 4 aliphatic carbocycles. The number of carbonyl (C=O) groups excluding carboxylic acids is 4. The average Bonchev–Trinajstić information content (AvgIpc) is 3.06. The maximum absolute atomic E-state index is 17.3. The van der Waals surface area contributed by atoms with Crippen molar-refractivity contribution in [2.45, 2.75) is 83.6 Å². The molecule has 4 aliphatic rings. The van der Waals surface area contributed by atoms with E-state index in [1.807, 2.05) is 0 Å². The maximum Gasteiger partial charge on any atom is 0.307 e. The smallest absolute Gasteiger partial charge is 0.307 e. The van der Waals surface area contributed by atoms with Crippen molar-refractivity contribution in [1.29, 1.82) is 0 Å². The fourth-order valence-corrected chi connectivity index (χ4v) is 8.36. The lowest BCUT2D eigenvalue weighted by Gasteiger charge is -2.62. The Kier molecular flexibility index (Phi) is 7.25. The number of aliphatic hydroxyl groups is 1. The summed E-state index contributed by atoms with van der Waals surface area (Å²) in [6.45, 7) is 7.17. The number of esters is 2. The quantitative estimate of drug-likeness (QED) is 0.385. The minimum atomic E-state index is -2.06. The van der Waals surface area contributed by atoms with Gasteiger partial charge in [-0.05, 0) is 57.6 Å². The second-order valence-electron chi connectivity index (χ2n) is 11.5. The molecular weight excluding hydrogens is 503 g/mol. The molecule has 3 saturated carbocycles. The Balaban J connectivity index is 1.72. The molecule has 0 bridgehead atoms. The fourth-order valence-electron chi connectivity index (χ4n) is 8.17. The summed E-state index contributed by atoms with van der Waals surface area (Å²) in [5, 5.41) is 11.5. The molecule has 0 aromatic carbocycles. The van der Waals surface area contributed by atoms with Gasteiger partial charge in [-0.2, -0.15) is 0 Å². The van der Waals surface area contributed by atoms with Gasteiger partial charge in [-0.15, -0.1) is 11.6 Å². The van der Waals surface area contributed by atoms with E-state index in [1.165, 1.54) is 12.2 Å². The van der Waals surface area contributed by atoms with E-state index < -0.39 is 63.6 Å². The number of fused-ring (bicyclic) bond motifs is 5. The predicted molar refractivity (Wildman–Crippen MR) is 133 cm³/mol. The molecule has 37 heavy (non-hydrogen) atoms. The van der Waals surface area contributed by atoms with Gasteiger partial charge in [-0.1, -0.05) is 25.5 Å². The summed E-state index contributed by atoms with van der Waals surface area (Å²) in [5.41, 5.74) is -5.30. The van der Waals surface area contributed by atoms with Crippen LogP contribution in [0.25, 0.3) is 0 Å². The van der Waals surface area contributed by atoms with Crippen LogP contribution in [0.4, 0.5) is 4.39 Å². The number of allylic oxidation sites excluding steroid dienone is 4. The van der Waals surface area contributed by atoms with E-state index >= 15 is 4.39 Å². The molecule has 3 fully saturated rings. The summed E-state index contributed by atoms with van der Waals surface area (Å²) in [7, 11) is 0. The van der Waals surface area contributed by atoms with E-state index in [0.717, 1.165) is 0 Å². The Morgan fingerprint density at radius 1 is 1.19 bits per heavy atom. The van der Waals surface area contributed by atoms with E-state index in [1.54, 1.807) is 33.8 Å². The van der Waals surface area contributed by atoms with Gasteiger partial charge in [-0.3, -0.25) is 19.2 Å². The first kappa shape index (κ1) is 28.0. The van der Waals surface area contributed by atoms with Gasteiger partial charge < -0.3 is 14.6 Å². The molecule has 9 heteroatoms. The molecule has 1 N–H and O–H groups in total. The molecule has 0 aliphatic heterocycles. The minimum Gasteiger partial charge on any atom is -0.466 e. The molecule has 0 aromatic rings. The maximum atomic E-state index is 17.3. The summed E-state index contributed by atoms with van der Waals surface area (Å²) < 4.78 is 28.2. The Labute approximate surface area is 221 Å². The molecule has 0 spiro atoms. The van der Waals surface area contributed by atoms with E-state index in [9.17, 15) is 24.3 Å². The highest BCUT2D eigenvalue weighted by molar-refractivity contribution is 6.29. The SMILES string of the molecule is CCOC(=O)CCC(=O)O[C@]1(C(=O)CCl)[C@@H](C)C[C@H]2[C@@H]3CCC4=CC(=O)C=C[C@]4(C)[C@@]3(F)[C@@H](O)C[C@@]21C. The van der Waals surface area contributed by atoms with Gasteiger partial charge >= 0.3 is 11.9 Å². The van der Waals surface area contributed by atoms with Crippen LogP contribution in [-0.4, -0.2) is 58.5 Å². The standard InChI is InChI=1S/C28H36ClFO7/c1-5-36-23(34)8-9-24(35)37-28(22(33)15-29)16(2)12-20-19-7-6-17-13-18(31)10-11-25(17,3)27(19,30)21(32)14-26(20,28)4/h10-11,13,16,19-21,32H,5-9,12,14-15H2,1-4H3/t16-,19-,20-,21-,25-,26-,27-,28-/m0/s1. The van der Waals surface area contributed by atoms with Crippen molar-refractivity contribution in [2.24, 2.45) is 28.6 Å². The van der Waals surface area contributed by atoms with E-state index in [-0.39, 0.29) is 37.6 Å². The molecule has 7 nitrogen and oxygen atoms in total. The molecule has 0 unspecified atom stereocenters. The Hall–Kier alpha value is -2.06. The van der Waals surface area contributed by atoms with Gasteiger partial charge in [0, 0.05) is 22.7 Å². The average molecular weight is 539 g/mol. The van der Waals surface area contributed by atoms with Crippen LogP contribution in [-0.2, 0) is 28.7 Å². The third-order valence-electron chi connectivity index (χ3n) is 9.83. The summed E-state index contributed by atoms with van der Waals surface area (Å²) >= 11 is 6.06. The number of ether oxygens (including phenoxy) is 2. The summed E-state index contributed by atoms with van der Waals surface area (Å²) in [5.74, 6) is -3.87. The number of carbonyl (C=O) groups is 4. The molecule has 0 aromatic heterocycles. The van der Waals surface area contributed by atoms with Crippen molar-refractivity contribution in [1.82, 2.24) is 0 Å². The van der Waals surface area contributed by atoms with Crippen molar-refractivity contribution in [2.75, 3.05) is 12.5 Å². The minimum absolute atomic E-state index is 0.118. The van der Waals surface area contributed by atoms with Crippen molar-refractivity contribution in [3.63, 3.8) is 0 Å². The molecule has 0 heterocycles. The van der Waals surface area contributed by atoms with Gasteiger partial charge in [-0.25, -0.2) is 4.39 Å². The van der Waals surface area contributed by atoms with Crippen LogP contribution >= 0.6 is 11.6 Å². The van der Waals surface area contributed by atoms with Gasteiger partial charge in [0.1, 0.15) is 0 Å². The number of ketones is 2. The van der Waals surface area contributed by atoms with Crippen LogP contribution in [0.1, 0.15) is 66.2 Å². The Morgan fingerprint density at radius 2 is 1.86 bits per heavy atom. The lowest BCUT2D eigenvalue weighted by molar-refractivity contribution is -0.227.